The van der Waals surface area contributed by atoms with E-state index < -0.39 is 0 Å². The largest absolute Gasteiger partial charge is 0.350 e. The van der Waals surface area contributed by atoms with Crippen LogP contribution in [0.25, 0.3) is 5.65 Å². The summed E-state index contributed by atoms with van der Waals surface area (Å²) in [5, 5.41) is 10.6. The van der Waals surface area contributed by atoms with Crippen molar-refractivity contribution in [1.82, 2.24) is 25.2 Å². The van der Waals surface area contributed by atoms with Crippen LogP contribution >= 0.6 is 0 Å². The van der Waals surface area contributed by atoms with Gasteiger partial charge in [0.25, 0.3) is 0 Å². The van der Waals surface area contributed by atoms with Gasteiger partial charge in [-0.2, -0.15) is 5.10 Å². The van der Waals surface area contributed by atoms with Crippen molar-refractivity contribution in [2.24, 2.45) is 5.92 Å². The van der Waals surface area contributed by atoms with Crippen LogP contribution < -0.4 is 10.6 Å². The number of amides is 1. The van der Waals surface area contributed by atoms with Crippen LogP contribution in [0, 0.1) is 5.92 Å². The second-order valence-electron chi connectivity index (χ2n) is 6.88. The summed E-state index contributed by atoms with van der Waals surface area (Å²) >= 11 is 0. The molecule has 1 amide bonds. The lowest BCUT2D eigenvalue weighted by atomic mass is 9.97. The van der Waals surface area contributed by atoms with Crippen LogP contribution in [0.3, 0.4) is 0 Å². The summed E-state index contributed by atoms with van der Waals surface area (Å²) in [6, 6.07) is 14.2. The fourth-order valence-electron chi connectivity index (χ4n) is 3.49. The average molecular weight is 349 g/mol. The predicted molar refractivity (Wildman–Crippen MR) is 99.7 cm³/mol. The summed E-state index contributed by atoms with van der Waals surface area (Å²) in [4.78, 5) is 16.4. The molecule has 1 unspecified atom stereocenters. The van der Waals surface area contributed by atoms with Crippen molar-refractivity contribution < 1.29 is 4.79 Å². The number of nitrogens with zero attached hydrogens (tertiary/aromatic N) is 3. The molecule has 134 valence electrons. The third-order valence-corrected chi connectivity index (χ3v) is 4.92. The normalized spacial score (nSPS) is 16.8. The molecule has 6 nitrogen and oxygen atoms in total. The molecule has 4 rings (SSSR count). The van der Waals surface area contributed by atoms with E-state index in [4.69, 9.17) is 0 Å². The molecule has 2 aromatic heterocycles. The van der Waals surface area contributed by atoms with Crippen molar-refractivity contribution in [3.63, 3.8) is 0 Å². The van der Waals surface area contributed by atoms with Gasteiger partial charge in [0, 0.05) is 0 Å². The minimum Gasteiger partial charge on any atom is -0.350 e. The van der Waals surface area contributed by atoms with Crippen molar-refractivity contribution in [3.05, 3.63) is 65.6 Å². The number of aromatic nitrogens is 3. The molecule has 1 atom stereocenters. The number of rotatable bonds is 6. The number of carbonyl (C=O) groups is 1. The van der Waals surface area contributed by atoms with E-state index in [9.17, 15) is 4.79 Å². The first-order chi connectivity index (χ1) is 12.8. The Kier molecular flexibility index (Phi) is 4.93. The van der Waals surface area contributed by atoms with E-state index in [-0.39, 0.29) is 5.91 Å². The van der Waals surface area contributed by atoms with Crippen LogP contribution in [0.1, 0.15) is 23.2 Å². The summed E-state index contributed by atoms with van der Waals surface area (Å²) in [5.41, 5.74) is 4.08. The molecule has 0 bridgehead atoms. The number of pyridine rings is 1. The van der Waals surface area contributed by atoms with Crippen molar-refractivity contribution in [2.75, 3.05) is 13.1 Å². The summed E-state index contributed by atoms with van der Waals surface area (Å²) in [6.45, 7) is 2.68. The van der Waals surface area contributed by atoms with Gasteiger partial charge in [0.05, 0.1) is 18.7 Å². The quantitative estimate of drug-likeness (QED) is 0.711. The second kappa shape index (κ2) is 7.66. The molecule has 6 heteroatoms. The minimum atomic E-state index is 0.00913. The Morgan fingerprint density at radius 1 is 1.19 bits per heavy atom. The molecule has 1 aliphatic heterocycles. The Hall–Kier alpha value is -2.73. The van der Waals surface area contributed by atoms with Crippen LogP contribution in [0.2, 0.25) is 0 Å². The topological polar surface area (TPSA) is 71.3 Å². The number of carbonyl (C=O) groups excluding carboxylic acids is 1. The molecule has 0 spiro atoms. The van der Waals surface area contributed by atoms with E-state index in [0.717, 1.165) is 42.3 Å². The Morgan fingerprint density at radius 2 is 2.04 bits per heavy atom. The van der Waals surface area contributed by atoms with Crippen LogP contribution in [0.4, 0.5) is 0 Å². The SMILES string of the molecule is O=C(Cc1ccc(CC2CCNC2)cc1)NCc1cccc2ncnn12. The predicted octanol–water partition coefficient (Wildman–Crippen LogP) is 1.74. The Labute approximate surface area is 152 Å². The zero-order valence-corrected chi connectivity index (χ0v) is 14.7. The summed E-state index contributed by atoms with van der Waals surface area (Å²) in [5.74, 6) is 0.749. The van der Waals surface area contributed by atoms with Gasteiger partial charge in [-0.3, -0.25) is 4.79 Å². The second-order valence-corrected chi connectivity index (χ2v) is 6.88. The first-order valence-corrected chi connectivity index (χ1v) is 9.11. The van der Waals surface area contributed by atoms with Gasteiger partial charge in [-0.25, -0.2) is 9.50 Å². The van der Waals surface area contributed by atoms with Gasteiger partial charge in [-0.15, -0.1) is 0 Å². The van der Waals surface area contributed by atoms with Gasteiger partial charge in [0.1, 0.15) is 6.33 Å². The van der Waals surface area contributed by atoms with Gasteiger partial charge in [0.2, 0.25) is 5.91 Å². The highest BCUT2D eigenvalue weighted by molar-refractivity contribution is 5.78. The molecule has 2 N–H and O–H groups in total. The van der Waals surface area contributed by atoms with Crippen molar-refractivity contribution in [1.29, 1.82) is 0 Å². The maximum atomic E-state index is 12.3. The van der Waals surface area contributed by atoms with E-state index in [1.165, 1.54) is 18.3 Å². The maximum Gasteiger partial charge on any atom is 0.224 e. The molecule has 0 saturated carbocycles. The lowest BCUT2D eigenvalue weighted by Crippen LogP contribution is -2.25. The number of nitrogens with one attached hydrogen (secondary N) is 2. The average Bonchev–Trinajstić information content (AvgIpc) is 3.33. The monoisotopic (exact) mass is 349 g/mol. The fourth-order valence-corrected chi connectivity index (χ4v) is 3.49. The first kappa shape index (κ1) is 16.7. The van der Waals surface area contributed by atoms with Crippen LogP contribution in [0.5, 0.6) is 0 Å². The van der Waals surface area contributed by atoms with Crippen molar-refractivity contribution in [3.8, 4) is 0 Å². The summed E-state index contributed by atoms with van der Waals surface area (Å²) < 4.78 is 1.74. The molecule has 1 aromatic carbocycles. The van der Waals surface area contributed by atoms with Gasteiger partial charge < -0.3 is 10.6 Å². The number of hydrogen-bond donors (Lipinski definition) is 2. The van der Waals surface area contributed by atoms with Crippen molar-refractivity contribution in [2.45, 2.75) is 25.8 Å². The van der Waals surface area contributed by atoms with E-state index in [0.29, 0.717) is 13.0 Å². The zero-order chi connectivity index (χ0) is 17.8. The number of hydrogen-bond acceptors (Lipinski definition) is 4. The summed E-state index contributed by atoms with van der Waals surface area (Å²) in [6.07, 6.45) is 4.27. The van der Waals surface area contributed by atoms with E-state index in [2.05, 4.69) is 45.0 Å². The highest BCUT2D eigenvalue weighted by atomic mass is 16.1. The highest BCUT2D eigenvalue weighted by Crippen LogP contribution is 2.16. The lowest BCUT2D eigenvalue weighted by Gasteiger charge is -2.10. The Bertz CT molecular complexity index is 881. The molecule has 0 aliphatic carbocycles. The summed E-state index contributed by atoms with van der Waals surface area (Å²) in [7, 11) is 0. The molecule has 0 radical (unpaired) electrons. The maximum absolute atomic E-state index is 12.3. The third-order valence-electron chi connectivity index (χ3n) is 4.92. The van der Waals surface area contributed by atoms with Crippen LogP contribution in [0.15, 0.2) is 48.8 Å². The van der Waals surface area contributed by atoms with Gasteiger partial charge >= 0.3 is 0 Å². The van der Waals surface area contributed by atoms with Crippen LogP contribution in [-0.4, -0.2) is 33.6 Å². The molecule has 26 heavy (non-hydrogen) atoms. The van der Waals surface area contributed by atoms with Gasteiger partial charge in [-0.1, -0.05) is 30.3 Å². The van der Waals surface area contributed by atoms with Crippen molar-refractivity contribution >= 4 is 11.6 Å². The standard InChI is InChI=1S/C20H23N5O/c26-20(22-13-18-2-1-3-19-23-14-24-25(18)19)11-16-6-4-15(5-7-16)10-17-8-9-21-12-17/h1-7,14,17,21H,8-13H2,(H,22,26). The number of benzene rings is 1. The smallest absolute Gasteiger partial charge is 0.224 e. The van der Waals surface area contributed by atoms with E-state index in [1.54, 1.807) is 4.52 Å². The van der Waals surface area contributed by atoms with Crippen LogP contribution in [-0.2, 0) is 24.2 Å². The van der Waals surface area contributed by atoms with Gasteiger partial charge in [-0.05, 0) is 55.1 Å². The molecule has 1 fully saturated rings. The molecule has 3 heterocycles. The first-order valence-electron chi connectivity index (χ1n) is 9.11. The van der Waals surface area contributed by atoms with Gasteiger partial charge in [0.15, 0.2) is 5.65 Å². The Morgan fingerprint density at radius 3 is 2.85 bits per heavy atom. The highest BCUT2D eigenvalue weighted by Gasteiger charge is 2.14. The lowest BCUT2D eigenvalue weighted by molar-refractivity contribution is -0.120. The van der Waals surface area contributed by atoms with E-state index >= 15 is 0 Å². The van der Waals surface area contributed by atoms with E-state index in [1.807, 2.05) is 18.2 Å². The molecule has 3 aromatic rings. The molecular formula is C20H23N5O. The molecular weight excluding hydrogens is 326 g/mol. The fraction of sp³-hybridized carbons (Fsp3) is 0.350. The third kappa shape index (κ3) is 3.91. The molecule has 1 saturated heterocycles. The zero-order valence-electron chi connectivity index (χ0n) is 14.7. The molecule has 1 aliphatic rings. The Balaban J connectivity index is 1.31. The number of fused-ring (bicyclic) bond motifs is 1. The minimum absolute atomic E-state index is 0.00913.